The summed E-state index contributed by atoms with van der Waals surface area (Å²) in [6, 6.07) is 11.5. The summed E-state index contributed by atoms with van der Waals surface area (Å²) >= 11 is 6.08. The first-order valence-electron chi connectivity index (χ1n) is 10.3. The van der Waals surface area contributed by atoms with Crippen LogP contribution in [0.25, 0.3) is 0 Å². The molecule has 0 fully saturated rings. The van der Waals surface area contributed by atoms with Crippen molar-refractivity contribution in [3.05, 3.63) is 64.2 Å². The summed E-state index contributed by atoms with van der Waals surface area (Å²) in [5.41, 5.74) is 2.89. The summed E-state index contributed by atoms with van der Waals surface area (Å²) in [7, 11) is -3.75. The van der Waals surface area contributed by atoms with Crippen LogP contribution in [-0.4, -0.2) is 50.5 Å². The Kier molecular flexibility index (Phi) is 8.69. The number of hydrogen-bond acceptors (Lipinski definition) is 4. The molecule has 0 unspecified atom stereocenters. The van der Waals surface area contributed by atoms with E-state index in [0.717, 1.165) is 27.3 Å². The molecule has 0 aliphatic rings. The number of nitrogens with zero attached hydrogens (tertiary/aromatic N) is 2. The zero-order valence-electron chi connectivity index (χ0n) is 19.1. The van der Waals surface area contributed by atoms with E-state index >= 15 is 0 Å². The molecule has 2 aromatic carbocycles. The average molecular weight is 480 g/mol. The highest BCUT2D eigenvalue weighted by molar-refractivity contribution is 7.92. The second-order valence-electron chi connectivity index (χ2n) is 7.78. The van der Waals surface area contributed by atoms with Gasteiger partial charge >= 0.3 is 0 Å². The van der Waals surface area contributed by atoms with Crippen LogP contribution in [0.15, 0.2) is 42.5 Å². The van der Waals surface area contributed by atoms with E-state index in [4.69, 9.17) is 11.6 Å². The molecule has 0 heterocycles. The van der Waals surface area contributed by atoms with E-state index in [1.807, 2.05) is 13.0 Å². The third-order valence-electron chi connectivity index (χ3n) is 5.06. The SMILES string of the molecule is CCNC(=O)[C@@H](C)N(Cc1cccc(Cl)c1)C(=O)CN(c1ccc(C)cc1C)S(C)(=O)=O. The van der Waals surface area contributed by atoms with Gasteiger partial charge in [0.2, 0.25) is 21.8 Å². The first-order valence-corrected chi connectivity index (χ1v) is 12.5. The van der Waals surface area contributed by atoms with Crippen LogP contribution in [0.2, 0.25) is 5.02 Å². The molecule has 0 aliphatic carbocycles. The quantitative estimate of drug-likeness (QED) is 0.598. The van der Waals surface area contributed by atoms with Gasteiger partial charge < -0.3 is 10.2 Å². The summed E-state index contributed by atoms with van der Waals surface area (Å²) in [6.07, 6.45) is 1.06. The Labute approximate surface area is 195 Å². The second kappa shape index (κ2) is 10.8. The number of amides is 2. The van der Waals surface area contributed by atoms with Crippen LogP contribution in [0.5, 0.6) is 0 Å². The summed E-state index contributed by atoms with van der Waals surface area (Å²) in [4.78, 5) is 27.3. The Morgan fingerprint density at radius 1 is 1.12 bits per heavy atom. The lowest BCUT2D eigenvalue weighted by Gasteiger charge is -2.32. The Morgan fingerprint density at radius 2 is 1.81 bits per heavy atom. The minimum Gasteiger partial charge on any atom is -0.355 e. The third-order valence-corrected chi connectivity index (χ3v) is 6.42. The smallest absolute Gasteiger partial charge is 0.244 e. The van der Waals surface area contributed by atoms with Crippen molar-refractivity contribution in [3.63, 3.8) is 0 Å². The minimum absolute atomic E-state index is 0.113. The molecule has 1 atom stereocenters. The number of anilines is 1. The van der Waals surface area contributed by atoms with E-state index in [2.05, 4.69) is 5.32 Å². The molecule has 7 nitrogen and oxygen atoms in total. The molecule has 32 heavy (non-hydrogen) atoms. The summed E-state index contributed by atoms with van der Waals surface area (Å²) in [5, 5.41) is 3.23. The van der Waals surface area contributed by atoms with Gasteiger partial charge in [-0.05, 0) is 57.0 Å². The molecule has 0 spiro atoms. The first kappa shape index (κ1) is 25.7. The molecular weight excluding hydrogens is 450 g/mol. The predicted octanol–water partition coefficient (Wildman–Crippen LogP) is 3.28. The number of benzene rings is 2. The molecule has 0 aliphatic heterocycles. The van der Waals surface area contributed by atoms with E-state index in [1.165, 1.54) is 4.90 Å². The number of nitrogens with one attached hydrogen (secondary N) is 1. The van der Waals surface area contributed by atoms with Crippen LogP contribution < -0.4 is 9.62 Å². The van der Waals surface area contributed by atoms with E-state index in [-0.39, 0.29) is 12.5 Å². The van der Waals surface area contributed by atoms with Crippen molar-refractivity contribution in [1.82, 2.24) is 10.2 Å². The number of hydrogen-bond donors (Lipinski definition) is 1. The Morgan fingerprint density at radius 3 is 2.38 bits per heavy atom. The molecule has 1 N–H and O–H groups in total. The van der Waals surface area contributed by atoms with Gasteiger partial charge in [0, 0.05) is 18.1 Å². The topological polar surface area (TPSA) is 86.8 Å². The number of aryl methyl sites for hydroxylation is 2. The Bertz CT molecular complexity index is 1090. The van der Waals surface area contributed by atoms with Crippen molar-refractivity contribution >= 4 is 39.1 Å². The number of carbonyl (C=O) groups excluding carboxylic acids is 2. The van der Waals surface area contributed by atoms with Gasteiger partial charge in [-0.1, -0.05) is 41.4 Å². The molecule has 0 saturated carbocycles. The number of halogens is 1. The number of rotatable bonds is 9. The molecule has 0 bridgehead atoms. The zero-order valence-corrected chi connectivity index (χ0v) is 20.6. The van der Waals surface area contributed by atoms with Gasteiger partial charge in [0.05, 0.1) is 11.9 Å². The molecule has 2 rings (SSSR count). The highest BCUT2D eigenvalue weighted by atomic mass is 35.5. The van der Waals surface area contributed by atoms with Gasteiger partial charge in [-0.25, -0.2) is 8.42 Å². The van der Waals surface area contributed by atoms with Crippen LogP contribution in [0.4, 0.5) is 5.69 Å². The lowest BCUT2D eigenvalue weighted by molar-refractivity contribution is -0.139. The molecule has 2 amide bonds. The lowest BCUT2D eigenvalue weighted by atomic mass is 10.1. The van der Waals surface area contributed by atoms with Gasteiger partial charge in [-0.3, -0.25) is 13.9 Å². The fourth-order valence-corrected chi connectivity index (χ4v) is 4.54. The highest BCUT2D eigenvalue weighted by Crippen LogP contribution is 2.24. The van der Waals surface area contributed by atoms with Crippen LogP contribution in [0.1, 0.15) is 30.5 Å². The van der Waals surface area contributed by atoms with Gasteiger partial charge in [0.15, 0.2) is 0 Å². The normalized spacial score (nSPS) is 12.2. The predicted molar refractivity (Wildman–Crippen MR) is 128 cm³/mol. The summed E-state index contributed by atoms with van der Waals surface area (Å²) < 4.78 is 26.3. The fourth-order valence-electron chi connectivity index (χ4n) is 3.42. The van der Waals surface area contributed by atoms with Crippen LogP contribution in [0, 0.1) is 13.8 Å². The van der Waals surface area contributed by atoms with Crippen molar-refractivity contribution in [2.75, 3.05) is 23.7 Å². The molecular formula is C23H30ClN3O4S. The molecule has 9 heteroatoms. The van der Waals surface area contributed by atoms with E-state index < -0.39 is 28.5 Å². The fraction of sp³-hybridized carbons (Fsp3) is 0.391. The maximum atomic E-state index is 13.4. The first-order chi connectivity index (χ1) is 14.9. The maximum absolute atomic E-state index is 13.4. The van der Waals surface area contributed by atoms with Gasteiger partial charge in [0.25, 0.3) is 0 Å². The molecule has 0 saturated heterocycles. The van der Waals surface area contributed by atoms with Crippen LogP contribution in [0.3, 0.4) is 0 Å². The zero-order chi connectivity index (χ0) is 24.1. The molecule has 0 radical (unpaired) electrons. The average Bonchev–Trinajstić information content (AvgIpc) is 2.69. The standard InChI is InChI=1S/C23H30ClN3O4S/c1-6-25-23(29)18(4)26(14-19-8-7-9-20(24)13-19)22(28)15-27(32(5,30)31)21-11-10-16(2)12-17(21)3/h7-13,18H,6,14-15H2,1-5H3,(H,25,29)/t18-/m1/s1. The summed E-state index contributed by atoms with van der Waals surface area (Å²) in [5.74, 6) is -0.811. The van der Waals surface area contributed by atoms with Crippen molar-refractivity contribution in [1.29, 1.82) is 0 Å². The molecule has 174 valence electrons. The van der Waals surface area contributed by atoms with Crippen molar-refractivity contribution < 1.29 is 18.0 Å². The maximum Gasteiger partial charge on any atom is 0.244 e. The third kappa shape index (κ3) is 6.71. The van der Waals surface area contributed by atoms with Crippen molar-refractivity contribution in [3.8, 4) is 0 Å². The lowest BCUT2D eigenvalue weighted by Crippen LogP contribution is -2.51. The number of carbonyl (C=O) groups is 2. The van der Waals surface area contributed by atoms with Crippen LogP contribution in [-0.2, 0) is 26.2 Å². The molecule has 2 aromatic rings. The van der Waals surface area contributed by atoms with Crippen molar-refractivity contribution in [2.45, 2.75) is 40.3 Å². The second-order valence-corrected chi connectivity index (χ2v) is 10.1. The van der Waals surface area contributed by atoms with E-state index in [1.54, 1.807) is 57.2 Å². The van der Waals surface area contributed by atoms with Crippen LogP contribution >= 0.6 is 11.6 Å². The summed E-state index contributed by atoms with van der Waals surface area (Å²) in [6.45, 7) is 7.23. The minimum atomic E-state index is -3.75. The Balaban J connectivity index is 2.42. The highest BCUT2D eigenvalue weighted by Gasteiger charge is 2.30. The number of sulfonamides is 1. The van der Waals surface area contributed by atoms with Crippen molar-refractivity contribution in [2.24, 2.45) is 0 Å². The largest absolute Gasteiger partial charge is 0.355 e. The van der Waals surface area contributed by atoms with E-state index in [9.17, 15) is 18.0 Å². The number of likely N-dealkylation sites (N-methyl/N-ethyl adjacent to an activating group) is 1. The van der Waals surface area contributed by atoms with E-state index in [0.29, 0.717) is 17.3 Å². The van der Waals surface area contributed by atoms with Gasteiger partial charge in [0.1, 0.15) is 12.6 Å². The molecule has 0 aromatic heterocycles. The van der Waals surface area contributed by atoms with Gasteiger partial charge in [-0.15, -0.1) is 0 Å². The van der Waals surface area contributed by atoms with Gasteiger partial charge in [-0.2, -0.15) is 0 Å². The Hall–Kier alpha value is -2.58. The monoisotopic (exact) mass is 479 g/mol.